The van der Waals surface area contributed by atoms with Gasteiger partial charge in [0.25, 0.3) is 0 Å². The first-order valence-electron chi connectivity index (χ1n) is 6.24. The molecule has 0 aromatic heterocycles. The van der Waals surface area contributed by atoms with Gasteiger partial charge in [0, 0.05) is 12.5 Å². The van der Waals surface area contributed by atoms with Crippen LogP contribution in [0.15, 0.2) is 18.2 Å². The second kappa shape index (κ2) is 7.01. The molecule has 1 rings (SSSR count). The Kier molecular flexibility index (Phi) is 5.65. The van der Waals surface area contributed by atoms with E-state index in [0.717, 1.165) is 29.8 Å². The molecule has 0 aliphatic heterocycles. The molecule has 1 unspecified atom stereocenters. The average Bonchev–Trinajstić information content (AvgIpc) is 2.34. The zero-order valence-corrected chi connectivity index (χ0v) is 11.3. The van der Waals surface area contributed by atoms with Crippen molar-refractivity contribution >= 4 is 5.91 Å². The van der Waals surface area contributed by atoms with E-state index in [2.05, 4.69) is 12.2 Å². The molecule has 0 saturated heterocycles. The van der Waals surface area contributed by atoms with E-state index in [1.807, 2.05) is 25.1 Å². The predicted molar refractivity (Wildman–Crippen MR) is 72.6 cm³/mol. The Morgan fingerprint density at radius 2 is 2.22 bits per heavy atom. The third kappa shape index (κ3) is 4.04. The molecule has 1 aromatic rings. The van der Waals surface area contributed by atoms with Gasteiger partial charge in [-0.05, 0) is 37.1 Å². The first-order chi connectivity index (χ1) is 8.58. The molecule has 100 valence electrons. The summed E-state index contributed by atoms with van der Waals surface area (Å²) in [6, 6.07) is 5.91. The zero-order valence-electron chi connectivity index (χ0n) is 11.3. The topological polar surface area (TPSA) is 64.3 Å². The van der Waals surface area contributed by atoms with Crippen molar-refractivity contribution in [1.29, 1.82) is 0 Å². The second-order valence-electron chi connectivity index (χ2n) is 4.41. The number of primary amides is 1. The Balaban J connectivity index is 2.89. The number of hydrogen-bond acceptors (Lipinski definition) is 3. The minimum absolute atomic E-state index is 0.0212. The van der Waals surface area contributed by atoms with Crippen LogP contribution in [0.3, 0.4) is 0 Å². The van der Waals surface area contributed by atoms with Crippen LogP contribution >= 0.6 is 0 Å². The summed E-state index contributed by atoms with van der Waals surface area (Å²) in [7, 11) is 1.65. The number of ether oxygens (including phenoxy) is 1. The van der Waals surface area contributed by atoms with E-state index in [1.165, 1.54) is 0 Å². The summed E-state index contributed by atoms with van der Waals surface area (Å²) in [5.74, 6) is 0.559. The van der Waals surface area contributed by atoms with Crippen LogP contribution in [-0.4, -0.2) is 19.6 Å². The van der Waals surface area contributed by atoms with Crippen LogP contribution in [0.1, 0.15) is 36.9 Å². The van der Waals surface area contributed by atoms with Gasteiger partial charge in [0.2, 0.25) is 5.91 Å². The van der Waals surface area contributed by atoms with Crippen LogP contribution in [0.25, 0.3) is 0 Å². The molecule has 1 amide bonds. The molecule has 18 heavy (non-hydrogen) atoms. The van der Waals surface area contributed by atoms with Crippen molar-refractivity contribution in [2.24, 2.45) is 5.73 Å². The van der Waals surface area contributed by atoms with E-state index < -0.39 is 0 Å². The minimum atomic E-state index is -0.294. The van der Waals surface area contributed by atoms with Crippen molar-refractivity contribution in [2.45, 2.75) is 32.7 Å². The maximum atomic E-state index is 11.1. The van der Waals surface area contributed by atoms with Gasteiger partial charge in [-0.3, -0.25) is 4.79 Å². The quantitative estimate of drug-likeness (QED) is 0.777. The zero-order chi connectivity index (χ0) is 13.5. The number of hydrogen-bond donors (Lipinski definition) is 2. The van der Waals surface area contributed by atoms with Crippen molar-refractivity contribution in [3.63, 3.8) is 0 Å². The third-order valence-electron chi connectivity index (χ3n) is 2.87. The molecule has 0 bridgehead atoms. The van der Waals surface area contributed by atoms with E-state index in [9.17, 15) is 4.79 Å². The lowest BCUT2D eigenvalue weighted by Crippen LogP contribution is -2.27. The standard InChI is InChI=1S/C14H22N2O2/c1-4-7-16-12(9-14(15)17)11-5-6-13(18-3)10(2)8-11/h5-6,8,12,16H,4,7,9H2,1-3H3,(H2,15,17). The van der Waals surface area contributed by atoms with Gasteiger partial charge in [0.05, 0.1) is 7.11 Å². The average molecular weight is 250 g/mol. The van der Waals surface area contributed by atoms with E-state index >= 15 is 0 Å². The number of methoxy groups -OCH3 is 1. The van der Waals surface area contributed by atoms with Crippen molar-refractivity contribution < 1.29 is 9.53 Å². The smallest absolute Gasteiger partial charge is 0.219 e. The van der Waals surface area contributed by atoms with Crippen LogP contribution in [0.2, 0.25) is 0 Å². The normalized spacial score (nSPS) is 12.2. The summed E-state index contributed by atoms with van der Waals surface area (Å²) in [4.78, 5) is 11.1. The van der Waals surface area contributed by atoms with Gasteiger partial charge in [-0.1, -0.05) is 19.1 Å². The summed E-state index contributed by atoms with van der Waals surface area (Å²) in [5, 5.41) is 3.34. The maximum Gasteiger partial charge on any atom is 0.219 e. The molecule has 4 heteroatoms. The van der Waals surface area contributed by atoms with Crippen LogP contribution in [0, 0.1) is 6.92 Å². The Hall–Kier alpha value is -1.55. The van der Waals surface area contributed by atoms with Crippen LogP contribution in [0.4, 0.5) is 0 Å². The molecule has 0 radical (unpaired) electrons. The maximum absolute atomic E-state index is 11.1. The predicted octanol–water partition coefficient (Wildman–Crippen LogP) is 1.92. The fourth-order valence-electron chi connectivity index (χ4n) is 1.95. The van der Waals surface area contributed by atoms with E-state index in [1.54, 1.807) is 7.11 Å². The molecule has 0 saturated carbocycles. The molecule has 1 aromatic carbocycles. The fraction of sp³-hybridized carbons (Fsp3) is 0.500. The number of carbonyl (C=O) groups is 1. The highest BCUT2D eigenvalue weighted by Gasteiger charge is 2.14. The SMILES string of the molecule is CCCNC(CC(N)=O)c1ccc(OC)c(C)c1. The summed E-state index contributed by atoms with van der Waals surface area (Å²) < 4.78 is 5.23. The molecule has 4 nitrogen and oxygen atoms in total. The van der Waals surface area contributed by atoms with Crippen molar-refractivity contribution in [1.82, 2.24) is 5.32 Å². The molecule has 1 atom stereocenters. The molecule has 3 N–H and O–H groups in total. The van der Waals surface area contributed by atoms with Crippen LogP contribution < -0.4 is 15.8 Å². The lowest BCUT2D eigenvalue weighted by atomic mass is 10.0. The van der Waals surface area contributed by atoms with Gasteiger partial charge in [-0.2, -0.15) is 0 Å². The highest BCUT2D eigenvalue weighted by atomic mass is 16.5. The van der Waals surface area contributed by atoms with Gasteiger partial charge in [-0.15, -0.1) is 0 Å². The Labute approximate surface area is 109 Å². The van der Waals surface area contributed by atoms with E-state index in [0.29, 0.717) is 6.42 Å². The van der Waals surface area contributed by atoms with Gasteiger partial charge < -0.3 is 15.8 Å². The molecular formula is C14H22N2O2. The summed E-state index contributed by atoms with van der Waals surface area (Å²) >= 11 is 0. The Morgan fingerprint density at radius 1 is 1.50 bits per heavy atom. The van der Waals surface area contributed by atoms with Gasteiger partial charge in [-0.25, -0.2) is 0 Å². The van der Waals surface area contributed by atoms with Gasteiger partial charge in [0.15, 0.2) is 0 Å². The largest absolute Gasteiger partial charge is 0.496 e. The number of rotatable bonds is 7. The van der Waals surface area contributed by atoms with E-state index in [4.69, 9.17) is 10.5 Å². The first-order valence-corrected chi connectivity index (χ1v) is 6.24. The number of aryl methyl sites for hydroxylation is 1. The van der Waals surface area contributed by atoms with Crippen LogP contribution in [0.5, 0.6) is 5.75 Å². The molecule has 0 aliphatic rings. The number of nitrogens with one attached hydrogen (secondary N) is 1. The lowest BCUT2D eigenvalue weighted by Gasteiger charge is -2.18. The fourth-order valence-corrected chi connectivity index (χ4v) is 1.95. The van der Waals surface area contributed by atoms with Crippen molar-refractivity contribution in [3.8, 4) is 5.75 Å². The van der Waals surface area contributed by atoms with Crippen molar-refractivity contribution in [2.75, 3.05) is 13.7 Å². The minimum Gasteiger partial charge on any atom is -0.496 e. The third-order valence-corrected chi connectivity index (χ3v) is 2.87. The molecule has 0 heterocycles. The number of amides is 1. The van der Waals surface area contributed by atoms with Crippen LogP contribution in [-0.2, 0) is 4.79 Å². The molecule has 0 spiro atoms. The molecule has 0 fully saturated rings. The number of benzene rings is 1. The molecular weight excluding hydrogens is 228 g/mol. The number of carbonyl (C=O) groups excluding carboxylic acids is 1. The van der Waals surface area contributed by atoms with Gasteiger partial charge >= 0.3 is 0 Å². The van der Waals surface area contributed by atoms with Gasteiger partial charge in [0.1, 0.15) is 5.75 Å². The molecule has 0 aliphatic carbocycles. The van der Waals surface area contributed by atoms with Crippen molar-refractivity contribution in [3.05, 3.63) is 29.3 Å². The monoisotopic (exact) mass is 250 g/mol. The lowest BCUT2D eigenvalue weighted by molar-refractivity contribution is -0.118. The number of nitrogens with two attached hydrogens (primary N) is 1. The summed E-state index contributed by atoms with van der Waals surface area (Å²) in [5.41, 5.74) is 7.42. The highest BCUT2D eigenvalue weighted by molar-refractivity contribution is 5.74. The summed E-state index contributed by atoms with van der Waals surface area (Å²) in [6.07, 6.45) is 1.33. The highest BCUT2D eigenvalue weighted by Crippen LogP contribution is 2.24. The van der Waals surface area contributed by atoms with E-state index in [-0.39, 0.29) is 11.9 Å². The second-order valence-corrected chi connectivity index (χ2v) is 4.41. The summed E-state index contributed by atoms with van der Waals surface area (Å²) in [6.45, 7) is 4.94. The first kappa shape index (κ1) is 14.5. The Morgan fingerprint density at radius 3 is 2.72 bits per heavy atom. The Bertz CT molecular complexity index is 405.